The minimum Gasteiger partial charge on any atom is -1.00 e. The van der Waals surface area contributed by atoms with E-state index in [1.807, 2.05) is 18.4 Å². The molecule has 1 aromatic carbocycles. The average Bonchev–Trinajstić information content (AvgIpc) is 2.70. The van der Waals surface area contributed by atoms with Crippen LogP contribution in [0.5, 0.6) is 0 Å². The third-order valence-corrected chi connectivity index (χ3v) is 3.31. The molecule has 1 heterocycles. The van der Waals surface area contributed by atoms with Crippen LogP contribution in [0.3, 0.4) is 0 Å². The fourth-order valence-corrected chi connectivity index (χ4v) is 2.15. The molecule has 3 N–H and O–H groups in total. The Kier molecular flexibility index (Phi) is 5.25. The van der Waals surface area contributed by atoms with Gasteiger partial charge in [-0.05, 0) is 12.1 Å². The van der Waals surface area contributed by atoms with Crippen LogP contribution in [0.2, 0.25) is 5.02 Å². The summed E-state index contributed by atoms with van der Waals surface area (Å²) in [5, 5.41) is 4.15. The summed E-state index contributed by atoms with van der Waals surface area (Å²) in [6.07, 6.45) is 1.89. The number of nitrogens with zero attached hydrogens (tertiary/aromatic N) is 2. The first-order valence-corrected chi connectivity index (χ1v) is 6.40. The number of hydrogen-bond donors (Lipinski definition) is 2. The van der Waals surface area contributed by atoms with E-state index in [-0.39, 0.29) is 24.0 Å². The predicted octanol–water partition coefficient (Wildman–Crippen LogP) is -1.48. The van der Waals surface area contributed by atoms with Crippen molar-refractivity contribution >= 4 is 56.5 Å². The lowest BCUT2D eigenvalue weighted by Gasteiger charge is -2.02. The highest BCUT2D eigenvalue weighted by atomic mass is 127. The molecule has 0 radical (unpaired) electrons. The summed E-state index contributed by atoms with van der Waals surface area (Å²) in [5.41, 5.74) is 7.94. The topological polar surface area (TPSA) is 63.8 Å². The number of anilines is 1. The van der Waals surface area contributed by atoms with Crippen molar-refractivity contribution in [1.29, 1.82) is 0 Å². The van der Waals surface area contributed by atoms with E-state index >= 15 is 0 Å². The van der Waals surface area contributed by atoms with E-state index in [9.17, 15) is 0 Å². The van der Waals surface area contributed by atoms with Crippen LogP contribution in [0.4, 0.5) is 5.69 Å². The van der Waals surface area contributed by atoms with Crippen molar-refractivity contribution in [2.45, 2.75) is 0 Å². The average molecular weight is 387 g/mol. The zero-order valence-electron chi connectivity index (χ0n) is 8.20. The lowest BCUT2D eigenvalue weighted by molar-refractivity contribution is -0.00000308. The predicted molar refractivity (Wildman–Crippen MR) is 68.5 cm³/mol. The van der Waals surface area contributed by atoms with E-state index in [2.05, 4.69) is 14.1 Å². The van der Waals surface area contributed by atoms with Crippen molar-refractivity contribution in [3.05, 3.63) is 17.2 Å². The number of nitrogens with one attached hydrogen (secondary N) is 1. The fraction of sp³-hybridized carbons (Fsp3) is 0.125. The summed E-state index contributed by atoms with van der Waals surface area (Å²) in [7, 11) is 0. The van der Waals surface area contributed by atoms with Gasteiger partial charge in [0.05, 0.1) is 22.4 Å². The Morgan fingerprint density at radius 1 is 1.50 bits per heavy atom. The van der Waals surface area contributed by atoms with Crippen LogP contribution in [0.1, 0.15) is 0 Å². The Bertz CT molecular complexity index is 528. The molecular formula is C8H8ClIN4S2. The Labute approximate surface area is 123 Å². The van der Waals surface area contributed by atoms with Gasteiger partial charge in [0.2, 0.25) is 11.4 Å². The van der Waals surface area contributed by atoms with Crippen molar-refractivity contribution in [1.82, 2.24) is 8.75 Å². The van der Waals surface area contributed by atoms with E-state index < -0.39 is 0 Å². The zero-order chi connectivity index (χ0) is 10.8. The summed E-state index contributed by atoms with van der Waals surface area (Å²) in [4.78, 5) is 0. The van der Waals surface area contributed by atoms with Crippen LogP contribution in [-0.2, 0) is 11.4 Å². The molecule has 86 valence electrons. The maximum absolute atomic E-state index is 6.15. The summed E-state index contributed by atoms with van der Waals surface area (Å²) in [6.45, 7) is 0. The highest BCUT2D eigenvalue weighted by Crippen LogP contribution is 2.29. The Hall–Kier alpha value is -0.0900. The van der Waals surface area contributed by atoms with Gasteiger partial charge < -0.3 is 24.0 Å². The van der Waals surface area contributed by atoms with Crippen molar-refractivity contribution in [3.8, 4) is 0 Å². The standard InChI is InChI=1S/C8H8ClN4S2.HI/c1-14-8(10)11-4-2-3-5-7(6(4)9)13-15-12-5;/h2-3,11H,10H2,1H3;1H/q+1;/p-1. The largest absolute Gasteiger partial charge is 1.00 e. The van der Waals surface area contributed by atoms with Gasteiger partial charge in [-0.25, -0.2) is 5.73 Å². The first-order valence-electron chi connectivity index (χ1n) is 4.06. The molecule has 0 fully saturated rings. The number of nitrogens with two attached hydrogens (primary N) is 1. The van der Waals surface area contributed by atoms with E-state index in [1.54, 1.807) is 0 Å². The van der Waals surface area contributed by atoms with Crippen LogP contribution >= 0.6 is 23.3 Å². The molecule has 2 aromatic rings. The zero-order valence-corrected chi connectivity index (χ0v) is 12.7. The van der Waals surface area contributed by atoms with Gasteiger partial charge in [-0.2, -0.15) is 8.75 Å². The number of benzene rings is 1. The number of rotatable bonds is 1. The highest BCUT2D eigenvalue weighted by Gasteiger charge is 2.11. The Morgan fingerprint density at radius 2 is 2.25 bits per heavy atom. The van der Waals surface area contributed by atoms with Gasteiger partial charge in [0.25, 0.3) is 0 Å². The van der Waals surface area contributed by atoms with Crippen molar-refractivity contribution in [2.24, 2.45) is 5.73 Å². The molecule has 4 nitrogen and oxygen atoms in total. The second kappa shape index (κ2) is 6.01. The fourth-order valence-electron chi connectivity index (χ4n) is 1.10. The van der Waals surface area contributed by atoms with Gasteiger partial charge in [0, 0.05) is 0 Å². The minimum absolute atomic E-state index is 0. The second-order valence-electron chi connectivity index (χ2n) is 2.75. The number of aromatic nitrogens is 2. The number of fused-ring (bicyclic) bond motifs is 1. The molecule has 2 rings (SSSR count). The van der Waals surface area contributed by atoms with Gasteiger partial charge in [-0.3, -0.25) is 5.32 Å². The van der Waals surface area contributed by atoms with E-state index in [1.165, 1.54) is 11.4 Å². The molecule has 0 bridgehead atoms. The molecule has 1 aromatic heterocycles. The third kappa shape index (κ3) is 2.77. The van der Waals surface area contributed by atoms with Crippen molar-refractivity contribution < 1.29 is 24.0 Å². The summed E-state index contributed by atoms with van der Waals surface area (Å²) >= 11 is 8.72. The summed E-state index contributed by atoms with van der Waals surface area (Å²) in [6, 6.07) is 3.70. The highest BCUT2D eigenvalue weighted by molar-refractivity contribution is 7.78. The van der Waals surface area contributed by atoms with Crippen LogP contribution in [0.15, 0.2) is 12.1 Å². The van der Waals surface area contributed by atoms with Crippen LogP contribution < -0.4 is 35.0 Å². The van der Waals surface area contributed by atoms with Gasteiger partial charge in [-0.15, -0.1) is 0 Å². The van der Waals surface area contributed by atoms with Crippen LogP contribution in [0.25, 0.3) is 11.0 Å². The molecular weight excluding hydrogens is 379 g/mol. The van der Waals surface area contributed by atoms with Crippen molar-refractivity contribution in [2.75, 3.05) is 11.6 Å². The van der Waals surface area contributed by atoms with Crippen LogP contribution in [0, 0.1) is 0 Å². The molecule has 0 unspecified atom stereocenters. The first-order chi connectivity index (χ1) is 7.22. The maximum Gasteiger partial charge on any atom is 0.342 e. The molecule has 0 aliphatic carbocycles. The molecule has 0 amide bonds. The maximum atomic E-state index is 6.15. The quantitative estimate of drug-likeness (QED) is 0.356. The number of hydrogen-bond acceptors (Lipinski definition) is 3. The molecule has 16 heavy (non-hydrogen) atoms. The molecule has 0 aliphatic heterocycles. The van der Waals surface area contributed by atoms with Gasteiger partial charge >= 0.3 is 5.11 Å². The molecule has 0 saturated heterocycles. The SMILES string of the molecule is C/[S+]=C(\N)Nc1ccc2nsnc2c1Cl.[I-]. The lowest BCUT2D eigenvalue weighted by Crippen LogP contribution is -3.00. The molecule has 8 heteroatoms. The van der Waals surface area contributed by atoms with Gasteiger partial charge in [0.1, 0.15) is 11.0 Å². The smallest absolute Gasteiger partial charge is 0.342 e. The third-order valence-electron chi connectivity index (χ3n) is 1.84. The van der Waals surface area contributed by atoms with Gasteiger partial charge in [0.15, 0.2) is 6.26 Å². The molecule has 0 aliphatic rings. The molecule has 0 spiro atoms. The second-order valence-corrected chi connectivity index (χ2v) is 4.51. The summed E-state index contributed by atoms with van der Waals surface area (Å²) in [5.74, 6) is 0. The number of halogens is 2. The first kappa shape index (κ1) is 14.0. The van der Waals surface area contributed by atoms with E-state index in [4.69, 9.17) is 17.3 Å². The lowest BCUT2D eigenvalue weighted by atomic mass is 10.3. The monoisotopic (exact) mass is 386 g/mol. The molecule has 0 atom stereocenters. The van der Waals surface area contributed by atoms with E-state index in [0.717, 1.165) is 22.9 Å². The van der Waals surface area contributed by atoms with Gasteiger partial charge in [-0.1, -0.05) is 11.6 Å². The van der Waals surface area contributed by atoms with Crippen LogP contribution in [-0.4, -0.2) is 20.1 Å². The van der Waals surface area contributed by atoms with E-state index in [0.29, 0.717) is 15.7 Å². The minimum atomic E-state index is 0. The molecule has 0 saturated carbocycles. The Morgan fingerprint density at radius 3 is 2.94 bits per heavy atom. The summed E-state index contributed by atoms with van der Waals surface area (Å²) < 4.78 is 8.21. The Balaban J connectivity index is 0.00000128. The normalized spacial score (nSPS) is 11.3. The van der Waals surface area contributed by atoms with Crippen molar-refractivity contribution in [3.63, 3.8) is 0 Å².